The van der Waals surface area contributed by atoms with Crippen LogP contribution in [-0.2, 0) is 0 Å². The number of guanidine groups is 1. The van der Waals surface area contributed by atoms with Crippen molar-refractivity contribution in [2.24, 2.45) is 16.6 Å². The van der Waals surface area contributed by atoms with Gasteiger partial charge in [0.05, 0.1) is 5.69 Å². The molecule has 1 aromatic rings. The minimum atomic E-state index is -4.75. The van der Waals surface area contributed by atoms with Crippen LogP contribution in [0.2, 0.25) is 0 Å². The van der Waals surface area contributed by atoms with E-state index in [4.69, 9.17) is 5.73 Å². The summed E-state index contributed by atoms with van der Waals surface area (Å²) in [6.45, 7) is 5.83. The molecule has 1 atom stereocenters. The molecule has 134 valence electrons. The van der Waals surface area contributed by atoms with Crippen LogP contribution >= 0.6 is 0 Å². The highest BCUT2D eigenvalue weighted by molar-refractivity contribution is 5.93. The van der Waals surface area contributed by atoms with Gasteiger partial charge in [-0.15, -0.1) is 13.2 Å². The number of alkyl halides is 3. The molecule has 0 bridgehead atoms. The van der Waals surface area contributed by atoms with E-state index >= 15 is 0 Å². The summed E-state index contributed by atoms with van der Waals surface area (Å²) in [6.07, 6.45) is -2.57. The fourth-order valence-corrected chi connectivity index (χ4v) is 2.77. The van der Waals surface area contributed by atoms with Gasteiger partial charge in [0, 0.05) is 13.1 Å². The third-order valence-electron chi connectivity index (χ3n) is 3.81. The molecule has 8 heteroatoms. The Morgan fingerprint density at radius 1 is 1.42 bits per heavy atom. The topological polar surface area (TPSA) is 62.9 Å². The van der Waals surface area contributed by atoms with Crippen LogP contribution in [0.5, 0.6) is 5.75 Å². The Labute approximate surface area is 139 Å². The molecule has 2 rings (SSSR count). The quantitative estimate of drug-likeness (QED) is 0.615. The lowest BCUT2D eigenvalue weighted by atomic mass is 10.1. The Balaban J connectivity index is 1.91. The van der Waals surface area contributed by atoms with Gasteiger partial charge in [-0.1, -0.05) is 19.1 Å². The van der Waals surface area contributed by atoms with Crippen molar-refractivity contribution in [2.75, 3.05) is 31.5 Å². The third-order valence-corrected chi connectivity index (χ3v) is 3.81. The van der Waals surface area contributed by atoms with Crippen molar-refractivity contribution in [3.8, 4) is 5.75 Å². The number of rotatable bonds is 6. The van der Waals surface area contributed by atoms with E-state index in [1.807, 2.05) is 0 Å². The highest BCUT2D eigenvalue weighted by Crippen LogP contribution is 2.29. The van der Waals surface area contributed by atoms with Crippen molar-refractivity contribution in [1.82, 2.24) is 4.90 Å². The van der Waals surface area contributed by atoms with E-state index in [0.717, 1.165) is 32.5 Å². The molecule has 0 aliphatic carbocycles. The molecule has 1 aromatic carbocycles. The smallest absolute Gasteiger partial charge is 0.404 e. The van der Waals surface area contributed by atoms with Gasteiger partial charge < -0.3 is 20.7 Å². The van der Waals surface area contributed by atoms with Crippen molar-refractivity contribution < 1.29 is 17.9 Å². The third kappa shape index (κ3) is 5.92. The van der Waals surface area contributed by atoms with Gasteiger partial charge in [0.25, 0.3) is 0 Å². The number of nitrogens with two attached hydrogens (primary N) is 1. The molecule has 1 aliphatic rings. The zero-order valence-electron chi connectivity index (χ0n) is 13.6. The van der Waals surface area contributed by atoms with E-state index < -0.39 is 6.36 Å². The summed E-state index contributed by atoms with van der Waals surface area (Å²) in [7, 11) is 0. The van der Waals surface area contributed by atoms with Crippen molar-refractivity contribution in [3.05, 3.63) is 24.3 Å². The molecule has 0 aromatic heterocycles. The number of aliphatic imine (C=N–C) groups is 1. The second-order valence-corrected chi connectivity index (χ2v) is 5.85. The lowest BCUT2D eigenvalue weighted by Crippen LogP contribution is -2.26. The molecule has 1 aliphatic heterocycles. The summed E-state index contributed by atoms with van der Waals surface area (Å²) >= 11 is 0. The maximum absolute atomic E-state index is 12.4. The number of ether oxygens (including phenoxy) is 1. The summed E-state index contributed by atoms with van der Waals surface area (Å²) in [5.41, 5.74) is 5.93. The average molecular weight is 344 g/mol. The van der Waals surface area contributed by atoms with Crippen molar-refractivity contribution in [2.45, 2.75) is 26.1 Å². The van der Waals surface area contributed by atoms with E-state index in [1.54, 1.807) is 6.07 Å². The predicted molar refractivity (Wildman–Crippen MR) is 88.1 cm³/mol. The average Bonchev–Trinajstić information content (AvgIpc) is 2.94. The van der Waals surface area contributed by atoms with Crippen LogP contribution in [0.15, 0.2) is 29.3 Å². The molecule has 24 heavy (non-hydrogen) atoms. The molecule has 0 spiro atoms. The van der Waals surface area contributed by atoms with Crippen LogP contribution in [0.25, 0.3) is 0 Å². The zero-order chi connectivity index (χ0) is 17.6. The monoisotopic (exact) mass is 344 g/mol. The van der Waals surface area contributed by atoms with Gasteiger partial charge in [-0.05, 0) is 44.0 Å². The van der Waals surface area contributed by atoms with E-state index in [2.05, 4.69) is 26.9 Å². The number of para-hydroxylation sites is 2. The van der Waals surface area contributed by atoms with E-state index in [9.17, 15) is 13.2 Å². The Hall–Kier alpha value is -1.96. The molecule has 1 saturated heterocycles. The van der Waals surface area contributed by atoms with Gasteiger partial charge in [-0.25, -0.2) is 0 Å². The Bertz CT molecular complexity index is 562. The molecule has 5 nitrogen and oxygen atoms in total. The standard InChI is InChI=1S/C16H23F3N4O/c1-2-8-23-9-7-12(11-23)10-21-15(20)22-13-5-3-4-6-14(13)24-16(17,18)19/h3-6,12H,2,7-11H2,1H3,(H3,20,21,22). The Morgan fingerprint density at radius 2 is 2.17 bits per heavy atom. The molecular weight excluding hydrogens is 321 g/mol. The first-order chi connectivity index (χ1) is 11.4. The fraction of sp³-hybridized carbons (Fsp3) is 0.562. The molecule has 1 unspecified atom stereocenters. The number of nitrogens with zero attached hydrogens (tertiary/aromatic N) is 2. The van der Waals surface area contributed by atoms with Crippen molar-refractivity contribution in [1.29, 1.82) is 0 Å². The fourth-order valence-electron chi connectivity index (χ4n) is 2.77. The van der Waals surface area contributed by atoms with Crippen molar-refractivity contribution >= 4 is 11.6 Å². The van der Waals surface area contributed by atoms with E-state index in [-0.39, 0.29) is 17.4 Å². The lowest BCUT2D eigenvalue weighted by molar-refractivity contribution is -0.274. The van der Waals surface area contributed by atoms with Gasteiger partial charge in [0.1, 0.15) is 0 Å². The molecular formula is C16H23F3N4O. The van der Waals surface area contributed by atoms with Crippen LogP contribution in [0.4, 0.5) is 18.9 Å². The lowest BCUT2D eigenvalue weighted by Gasteiger charge is -2.15. The van der Waals surface area contributed by atoms with E-state index in [0.29, 0.717) is 12.5 Å². The molecule has 1 heterocycles. The molecule has 0 radical (unpaired) electrons. The second kappa shape index (κ2) is 8.23. The number of nitrogens with one attached hydrogen (secondary N) is 1. The van der Waals surface area contributed by atoms with E-state index in [1.165, 1.54) is 18.2 Å². The summed E-state index contributed by atoms with van der Waals surface area (Å²) in [5, 5.41) is 2.68. The molecule has 0 saturated carbocycles. The largest absolute Gasteiger partial charge is 0.573 e. The number of hydrogen-bond donors (Lipinski definition) is 2. The zero-order valence-corrected chi connectivity index (χ0v) is 13.6. The van der Waals surface area contributed by atoms with Crippen molar-refractivity contribution in [3.63, 3.8) is 0 Å². The Kier molecular flexibility index (Phi) is 6.30. The van der Waals surface area contributed by atoms with Crippen LogP contribution in [0, 0.1) is 5.92 Å². The summed E-state index contributed by atoms with van der Waals surface area (Å²) in [4.78, 5) is 6.64. The summed E-state index contributed by atoms with van der Waals surface area (Å²) in [6, 6.07) is 5.74. The van der Waals surface area contributed by atoms with Gasteiger partial charge in [0.15, 0.2) is 11.7 Å². The van der Waals surface area contributed by atoms with Gasteiger partial charge >= 0.3 is 6.36 Å². The summed E-state index contributed by atoms with van der Waals surface area (Å²) in [5.74, 6) is 0.180. The highest BCUT2D eigenvalue weighted by atomic mass is 19.4. The molecule has 1 fully saturated rings. The van der Waals surface area contributed by atoms with Crippen LogP contribution in [-0.4, -0.2) is 43.4 Å². The maximum atomic E-state index is 12.4. The number of benzene rings is 1. The van der Waals surface area contributed by atoms with Crippen LogP contribution < -0.4 is 15.8 Å². The minimum absolute atomic E-state index is 0.0853. The first-order valence-corrected chi connectivity index (χ1v) is 8.01. The van der Waals surface area contributed by atoms with Crippen LogP contribution in [0.3, 0.4) is 0 Å². The first-order valence-electron chi connectivity index (χ1n) is 8.01. The predicted octanol–water partition coefficient (Wildman–Crippen LogP) is 3.04. The van der Waals surface area contributed by atoms with Gasteiger partial charge in [0.2, 0.25) is 0 Å². The number of anilines is 1. The maximum Gasteiger partial charge on any atom is 0.573 e. The van der Waals surface area contributed by atoms with Gasteiger partial charge in [-0.3, -0.25) is 4.99 Å². The molecule has 0 amide bonds. The Morgan fingerprint density at radius 3 is 2.88 bits per heavy atom. The summed E-state index contributed by atoms with van der Waals surface area (Å²) < 4.78 is 41.2. The number of halogens is 3. The number of likely N-dealkylation sites (tertiary alicyclic amines) is 1. The minimum Gasteiger partial charge on any atom is -0.404 e. The SMILES string of the molecule is CCCN1CCC(CN=C(N)Nc2ccccc2OC(F)(F)F)C1. The second-order valence-electron chi connectivity index (χ2n) is 5.85. The highest BCUT2D eigenvalue weighted by Gasteiger charge is 2.32. The van der Waals surface area contributed by atoms with Gasteiger partial charge in [-0.2, -0.15) is 0 Å². The first kappa shape index (κ1) is 18.4. The normalized spacial score (nSPS) is 19.5. The van der Waals surface area contributed by atoms with Crippen LogP contribution in [0.1, 0.15) is 19.8 Å². The number of hydrogen-bond acceptors (Lipinski definition) is 3. The molecule has 3 N–H and O–H groups in total.